The number of carbonyl (C=O) groups excluding carboxylic acids is 1. The van der Waals surface area contributed by atoms with E-state index in [1.165, 1.54) is 5.01 Å². The predicted octanol–water partition coefficient (Wildman–Crippen LogP) is 2.58. The number of para-hydroxylation sites is 1. The number of nitrogens with zero attached hydrogens (tertiary/aromatic N) is 2. The fourth-order valence-electron chi connectivity index (χ4n) is 1.29. The fourth-order valence-corrected chi connectivity index (χ4v) is 1.53. The zero-order valence-corrected chi connectivity index (χ0v) is 9.46. The van der Waals surface area contributed by atoms with Crippen molar-refractivity contribution in [3.05, 3.63) is 30.3 Å². The molecule has 0 saturated heterocycles. The summed E-state index contributed by atoms with van der Waals surface area (Å²) in [5, 5.41) is 5.25. The Kier molecular flexibility index (Phi) is 2.44. The third-order valence-electron chi connectivity index (χ3n) is 2.17. The van der Waals surface area contributed by atoms with Crippen LogP contribution < -0.4 is 5.01 Å². The number of halogens is 2. The Hall–Kier alpha value is -1.06. The number of amides is 1. The van der Waals surface area contributed by atoms with Crippen molar-refractivity contribution >= 4 is 40.5 Å². The van der Waals surface area contributed by atoms with Crippen LogP contribution in [0, 0.1) is 0 Å². The molecule has 1 aromatic rings. The summed E-state index contributed by atoms with van der Waals surface area (Å²) in [4.78, 5) is 11.8. The highest BCUT2D eigenvalue weighted by atomic mass is 35.5. The zero-order chi connectivity index (χ0) is 11.1. The SMILES string of the molecule is CC1=NN(c2ccccc2)C(=O)C1(Cl)Cl. The van der Waals surface area contributed by atoms with E-state index in [2.05, 4.69) is 5.10 Å². The van der Waals surface area contributed by atoms with E-state index >= 15 is 0 Å². The van der Waals surface area contributed by atoms with Crippen molar-refractivity contribution in [1.29, 1.82) is 0 Å². The summed E-state index contributed by atoms with van der Waals surface area (Å²) in [5.41, 5.74) is 1.05. The van der Waals surface area contributed by atoms with Gasteiger partial charge in [0.2, 0.25) is 4.33 Å². The highest BCUT2D eigenvalue weighted by molar-refractivity contribution is 6.70. The van der Waals surface area contributed by atoms with Crippen molar-refractivity contribution < 1.29 is 4.79 Å². The lowest BCUT2D eigenvalue weighted by Crippen LogP contribution is -2.35. The van der Waals surface area contributed by atoms with Crippen LogP contribution in [0.1, 0.15) is 6.92 Å². The molecule has 0 saturated carbocycles. The van der Waals surface area contributed by atoms with Crippen LogP contribution in [-0.2, 0) is 4.79 Å². The Bertz CT molecular complexity index is 428. The van der Waals surface area contributed by atoms with Gasteiger partial charge in [0, 0.05) is 0 Å². The molecule has 0 atom stereocenters. The van der Waals surface area contributed by atoms with Gasteiger partial charge in [0.1, 0.15) is 0 Å². The van der Waals surface area contributed by atoms with Gasteiger partial charge in [-0.15, -0.1) is 0 Å². The molecule has 78 valence electrons. The lowest BCUT2D eigenvalue weighted by Gasteiger charge is -2.14. The third-order valence-corrected chi connectivity index (χ3v) is 3.04. The number of hydrazone groups is 1. The highest BCUT2D eigenvalue weighted by Gasteiger charge is 2.46. The molecule has 0 aliphatic carbocycles. The van der Waals surface area contributed by atoms with Crippen molar-refractivity contribution in [2.45, 2.75) is 11.3 Å². The van der Waals surface area contributed by atoms with Gasteiger partial charge >= 0.3 is 0 Å². The summed E-state index contributed by atoms with van der Waals surface area (Å²) in [7, 11) is 0. The van der Waals surface area contributed by atoms with Crippen LogP contribution in [0.25, 0.3) is 0 Å². The average molecular weight is 243 g/mol. The monoisotopic (exact) mass is 242 g/mol. The van der Waals surface area contributed by atoms with E-state index in [0.717, 1.165) is 0 Å². The normalized spacial score (nSPS) is 19.3. The fraction of sp³-hybridized carbons (Fsp3) is 0.200. The minimum atomic E-state index is -1.53. The third kappa shape index (κ3) is 1.62. The molecule has 0 aromatic heterocycles. The molecule has 0 unspecified atom stereocenters. The van der Waals surface area contributed by atoms with E-state index in [9.17, 15) is 4.79 Å². The van der Waals surface area contributed by atoms with Gasteiger partial charge in [0.25, 0.3) is 5.91 Å². The van der Waals surface area contributed by atoms with Crippen LogP contribution in [0.5, 0.6) is 0 Å². The summed E-state index contributed by atoms with van der Waals surface area (Å²) in [6.45, 7) is 1.63. The Balaban J connectivity index is 2.40. The molecule has 15 heavy (non-hydrogen) atoms. The Morgan fingerprint density at radius 1 is 1.27 bits per heavy atom. The van der Waals surface area contributed by atoms with Gasteiger partial charge in [-0.05, 0) is 19.1 Å². The van der Waals surface area contributed by atoms with Gasteiger partial charge in [0.05, 0.1) is 11.4 Å². The summed E-state index contributed by atoms with van der Waals surface area (Å²) in [5.74, 6) is -0.436. The number of rotatable bonds is 1. The van der Waals surface area contributed by atoms with E-state index in [1.54, 1.807) is 19.1 Å². The molecule has 1 amide bonds. The molecule has 1 aromatic carbocycles. The van der Waals surface area contributed by atoms with Crippen molar-refractivity contribution in [3.63, 3.8) is 0 Å². The molecule has 0 fully saturated rings. The van der Waals surface area contributed by atoms with Crippen LogP contribution in [0.2, 0.25) is 0 Å². The largest absolute Gasteiger partial charge is 0.289 e. The Morgan fingerprint density at radius 3 is 2.33 bits per heavy atom. The molecule has 0 radical (unpaired) electrons. The number of anilines is 1. The van der Waals surface area contributed by atoms with Crippen LogP contribution in [0.3, 0.4) is 0 Å². The molecule has 2 rings (SSSR count). The van der Waals surface area contributed by atoms with Crippen LogP contribution in [0.15, 0.2) is 35.4 Å². The van der Waals surface area contributed by atoms with Crippen LogP contribution in [0.4, 0.5) is 5.69 Å². The van der Waals surface area contributed by atoms with E-state index < -0.39 is 10.2 Å². The molecule has 1 aliphatic rings. The minimum Gasteiger partial charge on any atom is -0.269 e. The van der Waals surface area contributed by atoms with Gasteiger partial charge in [0.15, 0.2) is 0 Å². The predicted molar refractivity (Wildman–Crippen MR) is 61.5 cm³/mol. The number of carbonyl (C=O) groups is 1. The van der Waals surface area contributed by atoms with Gasteiger partial charge in [-0.2, -0.15) is 10.1 Å². The van der Waals surface area contributed by atoms with Gasteiger partial charge in [-0.1, -0.05) is 41.4 Å². The molecule has 5 heteroatoms. The molecular weight excluding hydrogens is 235 g/mol. The van der Waals surface area contributed by atoms with E-state index in [1.807, 2.05) is 18.2 Å². The van der Waals surface area contributed by atoms with E-state index in [-0.39, 0.29) is 0 Å². The molecule has 1 heterocycles. The first kappa shape index (κ1) is 10.5. The first-order valence-corrected chi connectivity index (χ1v) is 5.12. The van der Waals surface area contributed by atoms with Crippen LogP contribution >= 0.6 is 23.2 Å². The quantitative estimate of drug-likeness (QED) is 0.697. The maximum absolute atomic E-state index is 11.8. The Morgan fingerprint density at radius 2 is 1.87 bits per heavy atom. The zero-order valence-electron chi connectivity index (χ0n) is 7.95. The number of benzene rings is 1. The topological polar surface area (TPSA) is 32.7 Å². The summed E-state index contributed by atoms with van der Waals surface area (Å²) < 4.78 is -1.53. The van der Waals surface area contributed by atoms with E-state index in [0.29, 0.717) is 11.4 Å². The minimum absolute atomic E-state index is 0.389. The maximum atomic E-state index is 11.8. The van der Waals surface area contributed by atoms with Crippen molar-refractivity contribution in [1.82, 2.24) is 0 Å². The number of hydrogen-bond donors (Lipinski definition) is 0. The van der Waals surface area contributed by atoms with Gasteiger partial charge in [-0.3, -0.25) is 4.79 Å². The maximum Gasteiger partial charge on any atom is 0.289 e. The average Bonchev–Trinajstić information content (AvgIpc) is 2.44. The van der Waals surface area contributed by atoms with Gasteiger partial charge < -0.3 is 0 Å². The second-order valence-electron chi connectivity index (χ2n) is 3.21. The first-order valence-electron chi connectivity index (χ1n) is 4.36. The lowest BCUT2D eigenvalue weighted by atomic mass is 10.2. The summed E-state index contributed by atoms with van der Waals surface area (Å²) in [6, 6.07) is 9.02. The summed E-state index contributed by atoms with van der Waals surface area (Å²) in [6.07, 6.45) is 0. The lowest BCUT2D eigenvalue weighted by molar-refractivity contribution is -0.117. The number of hydrogen-bond acceptors (Lipinski definition) is 2. The first-order chi connectivity index (χ1) is 7.03. The molecule has 3 nitrogen and oxygen atoms in total. The van der Waals surface area contributed by atoms with Crippen molar-refractivity contribution in [2.24, 2.45) is 5.10 Å². The summed E-state index contributed by atoms with van der Waals surface area (Å²) >= 11 is 11.7. The molecular formula is C10H8Cl2N2O. The van der Waals surface area contributed by atoms with Crippen molar-refractivity contribution in [2.75, 3.05) is 5.01 Å². The second-order valence-corrected chi connectivity index (χ2v) is 4.54. The molecule has 0 N–H and O–H groups in total. The Labute approximate surface area is 97.3 Å². The van der Waals surface area contributed by atoms with Crippen molar-refractivity contribution in [3.8, 4) is 0 Å². The van der Waals surface area contributed by atoms with Gasteiger partial charge in [-0.25, -0.2) is 0 Å². The molecule has 0 spiro atoms. The van der Waals surface area contributed by atoms with E-state index in [4.69, 9.17) is 23.2 Å². The molecule has 0 bridgehead atoms. The second kappa shape index (κ2) is 3.51. The van der Waals surface area contributed by atoms with Crippen LogP contribution in [-0.4, -0.2) is 16.0 Å². The smallest absolute Gasteiger partial charge is 0.269 e. The highest BCUT2D eigenvalue weighted by Crippen LogP contribution is 2.34. The molecule has 1 aliphatic heterocycles. The standard InChI is InChI=1S/C10H8Cl2N2O/c1-7-10(11,12)9(15)14(13-7)8-5-3-2-4-6-8/h2-6H,1H3. The number of alkyl halides is 2.